The van der Waals surface area contributed by atoms with Crippen molar-refractivity contribution in [2.24, 2.45) is 10.9 Å². The fraction of sp³-hybridized carbons (Fsp3) is 0.348. The van der Waals surface area contributed by atoms with Crippen molar-refractivity contribution < 1.29 is 9.59 Å². The van der Waals surface area contributed by atoms with Gasteiger partial charge in [0.25, 0.3) is 5.91 Å². The average Bonchev–Trinajstić information content (AvgIpc) is 3.08. The highest BCUT2D eigenvalue weighted by molar-refractivity contribution is 6.45. The molecule has 0 saturated carbocycles. The molecule has 1 unspecified atom stereocenters. The minimum Gasteiger partial charge on any atom is -0.355 e. The lowest BCUT2D eigenvalue weighted by Crippen LogP contribution is -2.36. The van der Waals surface area contributed by atoms with E-state index in [1.54, 1.807) is 11.0 Å². The Morgan fingerprint density at radius 2 is 1.90 bits per heavy atom. The van der Waals surface area contributed by atoms with Gasteiger partial charge in [-0.15, -0.1) is 0 Å². The lowest BCUT2D eigenvalue weighted by atomic mass is 10.1. The number of carbonyl (C=O) groups is 2. The first-order valence-electron chi connectivity index (χ1n) is 10.1. The summed E-state index contributed by atoms with van der Waals surface area (Å²) < 4.78 is 0. The predicted octanol–water partition coefficient (Wildman–Crippen LogP) is 4.16. The summed E-state index contributed by atoms with van der Waals surface area (Å²) in [5, 5.41) is 4.02. The topological polar surface area (TPSA) is 61.8 Å². The number of likely N-dealkylation sites (tertiary alicyclic amines) is 1. The number of hydrogen-bond acceptors (Lipinski definition) is 3. The fourth-order valence-electron chi connectivity index (χ4n) is 3.44. The van der Waals surface area contributed by atoms with Gasteiger partial charge in [0.1, 0.15) is 11.6 Å². The van der Waals surface area contributed by atoms with Gasteiger partial charge in [0.05, 0.1) is 16.6 Å². The highest BCUT2D eigenvalue weighted by Crippen LogP contribution is 2.23. The molecule has 5 nitrogen and oxygen atoms in total. The highest BCUT2D eigenvalue weighted by atomic mass is 35.5. The number of carbonyl (C=O) groups excluding carboxylic acids is 2. The van der Waals surface area contributed by atoms with E-state index in [1.165, 1.54) is 0 Å². The lowest BCUT2D eigenvalue weighted by Gasteiger charge is -2.13. The Labute approximate surface area is 187 Å². The zero-order valence-corrected chi connectivity index (χ0v) is 18.4. The van der Waals surface area contributed by atoms with Gasteiger partial charge in [-0.2, -0.15) is 0 Å². The van der Waals surface area contributed by atoms with Crippen LogP contribution in [0.1, 0.15) is 24.5 Å². The number of amides is 2. The third kappa shape index (κ3) is 5.61. The number of aryl methyl sites for hydroxylation is 1. The minimum atomic E-state index is -0.536. The average molecular weight is 446 g/mol. The lowest BCUT2D eigenvalue weighted by molar-refractivity contribution is -0.123. The van der Waals surface area contributed by atoms with Crippen LogP contribution in [0.5, 0.6) is 0 Å². The van der Waals surface area contributed by atoms with E-state index in [-0.39, 0.29) is 11.8 Å². The maximum absolute atomic E-state index is 12.8. The molecule has 1 fully saturated rings. The van der Waals surface area contributed by atoms with Gasteiger partial charge in [-0.25, -0.2) is 0 Å². The number of benzene rings is 2. The Morgan fingerprint density at radius 3 is 2.60 bits per heavy atom. The second-order valence-corrected chi connectivity index (χ2v) is 8.04. The Hall–Kier alpha value is -2.37. The van der Waals surface area contributed by atoms with Crippen LogP contribution in [0.3, 0.4) is 0 Å². The van der Waals surface area contributed by atoms with E-state index in [1.807, 2.05) is 49.4 Å². The van der Waals surface area contributed by atoms with E-state index in [0.29, 0.717) is 41.9 Å². The minimum absolute atomic E-state index is 0.149. The summed E-state index contributed by atoms with van der Waals surface area (Å²) in [5.74, 6) is -0.837. The van der Waals surface area contributed by atoms with Crippen molar-refractivity contribution in [2.75, 3.05) is 19.6 Å². The van der Waals surface area contributed by atoms with Gasteiger partial charge in [0, 0.05) is 19.6 Å². The van der Waals surface area contributed by atoms with E-state index in [9.17, 15) is 9.59 Å². The van der Waals surface area contributed by atoms with E-state index in [0.717, 1.165) is 24.0 Å². The first kappa shape index (κ1) is 22.3. The third-order valence-electron chi connectivity index (χ3n) is 5.14. The van der Waals surface area contributed by atoms with Crippen LogP contribution in [0.25, 0.3) is 0 Å². The zero-order chi connectivity index (χ0) is 21.5. The van der Waals surface area contributed by atoms with Crippen molar-refractivity contribution >= 4 is 40.7 Å². The van der Waals surface area contributed by atoms with Crippen LogP contribution < -0.4 is 5.32 Å². The van der Waals surface area contributed by atoms with Crippen LogP contribution in [-0.2, 0) is 22.6 Å². The largest absolute Gasteiger partial charge is 0.355 e. The third-order valence-corrected chi connectivity index (χ3v) is 5.88. The summed E-state index contributed by atoms with van der Waals surface area (Å²) >= 11 is 12.0. The van der Waals surface area contributed by atoms with Crippen LogP contribution in [0.4, 0.5) is 0 Å². The number of rotatable bonds is 8. The molecule has 1 aliphatic heterocycles. The highest BCUT2D eigenvalue weighted by Gasteiger charge is 2.40. The summed E-state index contributed by atoms with van der Waals surface area (Å²) in [6, 6.07) is 15.3. The summed E-state index contributed by atoms with van der Waals surface area (Å²) in [7, 11) is 0. The normalized spacial score (nSPS) is 17.6. The smallest absolute Gasteiger partial charge is 0.268 e. The molecule has 0 aromatic heterocycles. The van der Waals surface area contributed by atoms with Gasteiger partial charge >= 0.3 is 0 Å². The second kappa shape index (κ2) is 10.6. The van der Waals surface area contributed by atoms with Crippen LogP contribution in [0.15, 0.2) is 53.5 Å². The first-order chi connectivity index (χ1) is 14.5. The number of aliphatic imine (C=N–C) groups is 1. The van der Waals surface area contributed by atoms with E-state index in [2.05, 4.69) is 10.3 Å². The number of hydrogen-bond donors (Lipinski definition) is 1. The Morgan fingerprint density at radius 1 is 1.13 bits per heavy atom. The Balaban J connectivity index is 1.57. The van der Waals surface area contributed by atoms with Crippen LogP contribution in [0, 0.1) is 5.92 Å². The van der Waals surface area contributed by atoms with Gasteiger partial charge in [-0.1, -0.05) is 59.6 Å². The van der Waals surface area contributed by atoms with Crippen molar-refractivity contribution in [3.05, 3.63) is 69.7 Å². The summed E-state index contributed by atoms with van der Waals surface area (Å²) in [4.78, 5) is 31.6. The molecule has 30 heavy (non-hydrogen) atoms. The van der Waals surface area contributed by atoms with Crippen LogP contribution in [-0.4, -0.2) is 42.1 Å². The molecule has 7 heteroatoms. The zero-order valence-electron chi connectivity index (χ0n) is 16.9. The Bertz CT molecular complexity index is 931. The fourth-order valence-corrected chi connectivity index (χ4v) is 3.76. The molecule has 1 saturated heterocycles. The van der Waals surface area contributed by atoms with Crippen LogP contribution in [0.2, 0.25) is 10.0 Å². The molecule has 1 aliphatic rings. The number of nitrogens with one attached hydrogen (secondary N) is 1. The van der Waals surface area contributed by atoms with Crippen molar-refractivity contribution in [1.29, 1.82) is 0 Å². The molecule has 0 aliphatic carbocycles. The van der Waals surface area contributed by atoms with Crippen molar-refractivity contribution in [1.82, 2.24) is 10.2 Å². The summed E-state index contributed by atoms with van der Waals surface area (Å²) in [6.07, 6.45) is 1.54. The van der Waals surface area contributed by atoms with Gasteiger partial charge in [-0.05, 0) is 43.0 Å². The molecule has 0 bridgehead atoms. The molecule has 158 valence electrons. The van der Waals surface area contributed by atoms with E-state index < -0.39 is 5.92 Å². The van der Waals surface area contributed by atoms with E-state index in [4.69, 9.17) is 23.2 Å². The molecule has 1 atom stereocenters. The molecule has 3 rings (SSSR count). The summed E-state index contributed by atoms with van der Waals surface area (Å²) in [6.45, 7) is 3.75. The maximum atomic E-state index is 12.8. The maximum Gasteiger partial charge on any atom is 0.268 e. The Kier molecular flexibility index (Phi) is 7.88. The van der Waals surface area contributed by atoms with Gasteiger partial charge < -0.3 is 10.2 Å². The molecule has 2 amide bonds. The summed E-state index contributed by atoms with van der Waals surface area (Å²) in [5.41, 5.74) is 2.42. The standard InChI is InChI=1S/C23H25Cl2N3O2/c1-2-28-15-18(21(23(28)30)27-14-17-7-4-3-5-8-17)22(29)26-12-6-9-16-10-11-19(24)20(25)13-16/h3-5,7-8,10-11,13,18H,2,6,9,12,14-15H2,1H3,(H,26,29). The predicted molar refractivity (Wildman–Crippen MR) is 121 cm³/mol. The molecular weight excluding hydrogens is 421 g/mol. The van der Waals surface area contributed by atoms with Crippen molar-refractivity contribution in [3.8, 4) is 0 Å². The van der Waals surface area contributed by atoms with Gasteiger partial charge in [0.2, 0.25) is 5.91 Å². The van der Waals surface area contributed by atoms with Gasteiger partial charge in [0.15, 0.2) is 0 Å². The monoisotopic (exact) mass is 445 g/mol. The molecule has 0 spiro atoms. The van der Waals surface area contributed by atoms with Crippen molar-refractivity contribution in [3.63, 3.8) is 0 Å². The quantitative estimate of drug-likeness (QED) is 0.619. The van der Waals surface area contributed by atoms with E-state index >= 15 is 0 Å². The van der Waals surface area contributed by atoms with Crippen molar-refractivity contribution in [2.45, 2.75) is 26.3 Å². The number of halogens is 2. The molecule has 2 aromatic carbocycles. The molecule has 1 N–H and O–H groups in total. The van der Waals surface area contributed by atoms with Crippen LogP contribution >= 0.6 is 23.2 Å². The van der Waals surface area contributed by atoms with Gasteiger partial charge in [-0.3, -0.25) is 14.6 Å². The SMILES string of the molecule is CCN1CC(C(=O)NCCCc2ccc(Cl)c(Cl)c2)C(=NCc2ccccc2)C1=O. The molecule has 1 heterocycles. The first-order valence-corrected chi connectivity index (χ1v) is 10.8. The molecule has 0 radical (unpaired) electrons. The molecular formula is C23H25Cl2N3O2. The molecule has 2 aromatic rings. The number of nitrogens with zero attached hydrogens (tertiary/aromatic N) is 2. The second-order valence-electron chi connectivity index (χ2n) is 7.23.